The van der Waals surface area contributed by atoms with Gasteiger partial charge in [-0.15, -0.1) is 0 Å². The molecule has 2 unspecified atom stereocenters. The fraction of sp³-hybridized carbons (Fsp3) is 0.429. The quantitative estimate of drug-likeness (QED) is 0.758. The minimum absolute atomic E-state index is 0.103. The molecule has 1 aromatic heterocycles. The average Bonchev–Trinajstić information content (AvgIpc) is 2.75. The van der Waals surface area contributed by atoms with Crippen molar-refractivity contribution in [3.05, 3.63) is 36.0 Å². The fourth-order valence-corrected chi connectivity index (χ4v) is 2.27. The first-order chi connectivity index (χ1) is 8.13. The van der Waals surface area contributed by atoms with Crippen molar-refractivity contribution in [3.63, 3.8) is 0 Å². The minimum atomic E-state index is -0.487. The standard InChI is InChI=1S/C14H20N2O/c1-9(2)12(8-15)14(17)11-3-4-13-10(7-11)5-6-16-13/h3-7,9,12,14,16-17H,8,15H2,1-2H3. The van der Waals surface area contributed by atoms with Gasteiger partial charge < -0.3 is 15.8 Å². The summed E-state index contributed by atoms with van der Waals surface area (Å²) in [6.07, 6.45) is 1.42. The molecule has 0 amide bonds. The highest BCUT2D eigenvalue weighted by Gasteiger charge is 2.22. The van der Waals surface area contributed by atoms with E-state index in [-0.39, 0.29) is 5.92 Å². The summed E-state index contributed by atoms with van der Waals surface area (Å²) in [6, 6.07) is 8.01. The third kappa shape index (κ3) is 2.35. The van der Waals surface area contributed by atoms with Crippen LogP contribution < -0.4 is 5.73 Å². The van der Waals surface area contributed by atoms with Gasteiger partial charge in [-0.05, 0) is 41.6 Å². The molecule has 0 bridgehead atoms. The van der Waals surface area contributed by atoms with E-state index < -0.39 is 6.10 Å². The van der Waals surface area contributed by atoms with Gasteiger partial charge in [0.25, 0.3) is 0 Å². The van der Waals surface area contributed by atoms with E-state index in [9.17, 15) is 5.11 Å². The third-order valence-corrected chi connectivity index (χ3v) is 3.45. The van der Waals surface area contributed by atoms with E-state index in [1.165, 1.54) is 0 Å². The number of H-pyrrole nitrogens is 1. The second kappa shape index (κ2) is 4.90. The summed E-state index contributed by atoms with van der Waals surface area (Å²) in [4.78, 5) is 3.15. The van der Waals surface area contributed by atoms with Crippen molar-refractivity contribution in [2.75, 3.05) is 6.54 Å². The summed E-state index contributed by atoms with van der Waals surface area (Å²) >= 11 is 0. The normalized spacial score (nSPS) is 15.4. The first kappa shape index (κ1) is 12.1. The van der Waals surface area contributed by atoms with Crippen molar-refractivity contribution in [2.24, 2.45) is 17.6 Å². The number of benzene rings is 1. The summed E-state index contributed by atoms with van der Waals surface area (Å²) in [5.41, 5.74) is 7.78. The molecular weight excluding hydrogens is 212 g/mol. The van der Waals surface area contributed by atoms with Crippen molar-refractivity contribution in [1.29, 1.82) is 0 Å². The van der Waals surface area contributed by atoms with Crippen LogP contribution in [0, 0.1) is 11.8 Å². The second-order valence-electron chi connectivity index (χ2n) is 4.91. The Morgan fingerprint density at radius 3 is 2.71 bits per heavy atom. The predicted molar refractivity (Wildman–Crippen MR) is 70.6 cm³/mol. The van der Waals surface area contributed by atoms with E-state index in [2.05, 4.69) is 18.8 Å². The van der Waals surface area contributed by atoms with E-state index in [1.807, 2.05) is 30.5 Å². The van der Waals surface area contributed by atoms with Gasteiger partial charge in [0, 0.05) is 17.6 Å². The van der Waals surface area contributed by atoms with Crippen LogP contribution in [-0.4, -0.2) is 16.6 Å². The molecule has 2 atom stereocenters. The zero-order chi connectivity index (χ0) is 12.4. The third-order valence-electron chi connectivity index (χ3n) is 3.45. The van der Waals surface area contributed by atoms with Gasteiger partial charge in [-0.25, -0.2) is 0 Å². The number of rotatable bonds is 4. The van der Waals surface area contributed by atoms with Crippen molar-refractivity contribution in [2.45, 2.75) is 20.0 Å². The molecule has 2 aromatic rings. The van der Waals surface area contributed by atoms with Crippen LogP contribution in [0.4, 0.5) is 0 Å². The molecule has 2 rings (SSSR count). The molecule has 1 aromatic carbocycles. The van der Waals surface area contributed by atoms with E-state index in [0.29, 0.717) is 12.5 Å². The lowest BCUT2D eigenvalue weighted by Crippen LogP contribution is -2.26. The van der Waals surface area contributed by atoms with Crippen molar-refractivity contribution in [3.8, 4) is 0 Å². The van der Waals surface area contributed by atoms with Gasteiger partial charge in [0.05, 0.1) is 6.10 Å². The van der Waals surface area contributed by atoms with Gasteiger partial charge in [0.1, 0.15) is 0 Å². The molecule has 0 saturated carbocycles. The second-order valence-corrected chi connectivity index (χ2v) is 4.91. The van der Waals surface area contributed by atoms with Crippen molar-refractivity contribution >= 4 is 10.9 Å². The zero-order valence-electron chi connectivity index (χ0n) is 10.4. The van der Waals surface area contributed by atoms with Crippen LogP contribution >= 0.6 is 0 Å². The Kier molecular flexibility index (Phi) is 3.50. The van der Waals surface area contributed by atoms with Gasteiger partial charge in [0.2, 0.25) is 0 Å². The lowest BCUT2D eigenvalue weighted by Gasteiger charge is -2.25. The highest BCUT2D eigenvalue weighted by Crippen LogP contribution is 2.29. The summed E-state index contributed by atoms with van der Waals surface area (Å²) < 4.78 is 0. The van der Waals surface area contributed by atoms with Gasteiger partial charge in [0.15, 0.2) is 0 Å². The van der Waals surface area contributed by atoms with Gasteiger partial charge in [-0.1, -0.05) is 19.9 Å². The van der Waals surface area contributed by atoms with Gasteiger partial charge >= 0.3 is 0 Å². The van der Waals surface area contributed by atoms with Crippen LogP contribution in [-0.2, 0) is 0 Å². The Balaban J connectivity index is 2.31. The van der Waals surface area contributed by atoms with Crippen LogP contribution in [0.15, 0.2) is 30.5 Å². The van der Waals surface area contributed by atoms with E-state index in [4.69, 9.17) is 5.73 Å². The molecule has 0 fully saturated rings. The molecule has 0 saturated heterocycles. The van der Waals surface area contributed by atoms with Gasteiger partial charge in [-0.2, -0.15) is 0 Å². The number of aliphatic hydroxyl groups excluding tert-OH is 1. The molecule has 3 nitrogen and oxygen atoms in total. The number of aromatic nitrogens is 1. The lowest BCUT2D eigenvalue weighted by molar-refractivity contribution is 0.0862. The molecule has 1 heterocycles. The summed E-state index contributed by atoms with van der Waals surface area (Å²) in [5, 5.41) is 11.5. The van der Waals surface area contributed by atoms with Crippen LogP contribution in [0.1, 0.15) is 25.5 Å². The molecule has 0 spiro atoms. The minimum Gasteiger partial charge on any atom is -0.388 e. The number of aromatic amines is 1. The van der Waals surface area contributed by atoms with E-state index in [0.717, 1.165) is 16.5 Å². The number of hydrogen-bond donors (Lipinski definition) is 3. The number of aliphatic hydroxyl groups is 1. The smallest absolute Gasteiger partial charge is 0.0832 e. The molecule has 92 valence electrons. The first-order valence-corrected chi connectivity index (χ1v) is 6.08. The fourth-order valence-electron chi connectivity index (χ4n) is 2.27. The van der Waals surface area contributed by atoms with Crippen LogP contribution in [0.3, 0.4) is 0 Å². The Bertz CT molecular complexity index is 490. The molecule has 0 aliphatic carbocycles. The molecule has 17 heavy (non-hydrogen) atoms. The average molecular weight is 232 g/mol. The lowest BCUT2D eigenvalue weighted by atomic mass is 9.86. The Hall–Kier alpha value is -1.32. The number of nitrogens with two attached hydrogens (primary N) is 1. The van der Waals surface area contributed by atoms with E-state index >= 15 is 0 Å². The number of hydrogen-bond acceptors (Lipinski definition) is 2. The van der Waals surface area contributed by atoms with E-state index in [1.54, 1.807) is 0 Å². The molecule has 0 aliphatic rings. The molecule has 0 aliphatic heterocycles. The topological polar surface area (TPSA) is 62.0 Å². The summed E-state index contributed by atoms with van der Waals surface area (Å²) in [5.74, 6) is 0.475. The largest absolute Gasteiger partial charge is 0.388 e. The van der Waals surface area contributed by atoms with Crippen LogP contribution in [0.2, 0.25) is 0 Å². The van der Waals surface area contributed by atoms with Crippen LogP contribution in [0.25, 0.3) is 10.9 Å². The van der Waals surface area contributed by atoms with Crippen molar-refractivity contribution < 1.29 is 5.11 Å². The zero-order valence-corrected chi connectivity index (χ0v) is 10.4. The summed E-state index contributed by atoms with van der Waals surface area (Å²) in [6.45, 7) is 4.69. The number of fused-ring (bicyclic) bond motifs is 1. The Morgan fingerprint density at radius 2 is 2.06 bits per heavy atom. The monoisotopic (exact) mass is 232 g/mol. The van der Waals surface area contributed by atoms with Crippen molar-refractivity contribution in [1.82, 2.24) is 4.98 Å². The maximum atomic E-state index is 10.4. The SMILES string of the molecule is CC(C)C(CN)C(O)c1ccc2[nH]ccc2c1. The molecule has 3 heteroatoms. The summed E-state index contributed by atoms with van der Waals surface area (Å²) in [7, 11) is 0. The number of nitrogens with one attached hydrogen (secondary N) is 1. The first-order valence-electron chi connectivity index (χ1n) is 6.08. The molecular formula is C14H20N2O. The van der Waals surface area contributed by atoms with Crippen LogP contribution in [0.5, 0.6) is 0 Å². The maximum Gasteiger partial charge on any atom is 0.0832 e. The molecule has 0 radical (unpaired) electrons. The predicted octanol–water partition coefficient (Wildman–Crippen LogP) is 2.43. The Labute approximate surface area is 102 Å². The van der Waals surface area contributed by atoms with Gasteiger partial charge in [-0.3, -0.25) is 0 Å². The highest BCUT2D eigenvalue weighted by molar-refractivity contribution is 5.80. The maximum absolute atomic E-state index is 10.4. The highest BCUT2D eigenvalue weighted by atomic mass is 16.3. The molecule has 4 N–H and O–H groups in total. The Morgan fingerprint density at radius 1 is 1.29 bits per heavy atom.